The van der Waals surface area contributed by atoms with E-state index >= 15 is 0 Å². The number of aromatic nitrogens is 2. The van der Waals surface area contributed by atoms with Crippen LogP contribution in [-0.2, 0) is 11.3 Å². The SMILES string of the molecule is O=C(Nc1ccc2[nH]nc(C(=O)N[C@@H]3CN4CCC3CC4)c2c1)OCc1ccccc1. The molecule has 0 saturated carbocycles. The van der Waals surface area contributed by atoms with E-state index in [1.54, 1.807) is 18.2 Å². The highest BCUT2D eigenvalue weighted by molar-refractivity contribution is 6.06. The molecule has 160 valence electrons. The van der Waals surface area contributed by atoms with Gasteiger partial charge < -0.3 is 15.0 Å². The summed E-state index contributed by atoms with van der Waals surface area (Å²) in [7, 11) is 0. The van der Waals surface area contributed by atoms with Gasteiger partial charge in [0.1, 0.15) is 6.61 Å². The van der Waals surface area contributed by atoms with E-state index in [1.165, 1.54) is 0 Å². The summed E-state index contributed by atoms with van der Waals surface area (Å²) >= 11 is 0. The molecule has 6 rings (SSSR count). The number of amides is 2. The molecule has 0 radical (unpaired) electrons. The van der Waals surface area contributed by atoms with Gasteiger partial charge in [0.2, 0.25) is 0 Å². The topological polar surface area (TPSA) is 99.3 Å². The lowest BCUT2D eigenvalue weighted by Crippen LogP contribution is -2.57. The van der Waals surface area contributed by atoms with Crippen molar-refractivity contribution in [3.05, 3.63) is 59.8 Å². The van der Waals surface area contributed by atoms with Crippen molar-refractivity contribution in [3.8, 4) is 0 Å². The highest BCUT2D eigenvalue weighted by Crippen LogP contribution is 2.28. The molecular weight excluding hydrogens is 394 g/mol. The largest absolute Gasteiger partial charge is 0.444 e. The Morgan fingerprint density at radius 2 is 1.94 bits per heavy atom. The normalized spacial score (nSPS) is 22.3. The monoisotopic (exact) mass is 419 g/mol. The van der Waals surface area contributed by atoms with Gasteiger partial charge in [-0.25, -0.2) is 4.79 Å². The average molecular weight is 419 g/mol. The fourth-order valence-electron chi connectivity index (χ4n) is 4.51. The average Bonchev–Trinajstić information content (AvgIpc) is 3.23. The molecule has 3 saturated heterocycles. The molecule has 31 heavy (non-hydrogen) atoms. The highest BCUT2D eigenvalue weighted by Gasteiger charge is 2.35. The lowest BCUT2D eigenvalue weighted by molar-refractivity contribution is 0.0618. The molecule has 1 aromatic heterocycles. The molecule has 3 aliphatic rings. The van der Waals surface area contributed by atoms with E-state index in [0.717, 1.165) is 43.6 Å². The Hall–Kier alpha value is -3.39. The zero-order valence-electron chi connectivity index (χ0n) is 17.1. The van der Waals surface area contributed by atoms with Crippen LogP contribution in [0.25, 0.3) is 10.9 Å². The first-order valence-corrected chi connectivity index (χ1v) is 10.6. The van der Waals surface area contributed by atoms with Gasteiger partial charge in [0.15, 0.2) is 5.69 Å². The second-order valence-electron chi connectivity index (χ2n) is 8.24. The standard InChI is InChI=1S/C23H25N5O3/c29-22(25-20-13-28-10-8-16(20)9-11-28)21-18-12-17(6-7-19(18)26-27-21)24-23(30)31-14-15-4-2-1-3-5-15/h1-7,12,16,20H,8-11,13-14H2,(H,24,30)(H,25,29)(H,26,27)/t20-/m1/s1. The number of ether oxygens (including phenoxy) is 1. The quantitative estimate of drug-likeness (QED) is 0.590. The van der Waals surface area contributed by atoms with Crippen molar-refractivity contribution in [1.82, 2.24) is 20.4 Å². The number of carbonyl (C=O) groups excluding carboxylic acids is 2. The number of nitrogens with one attached hydrogen (secondary N) is 3. The number of anilines is 1. The minimum absolute atomic E-state index is 0.163. The number of fused-ring (bicyclic) bond motifs is 4. The summed E-state index contributed by atoms with van der Waals surface area (Å²) in [6.07, 6.45) is 1.71. The van der Waals surface area contributed by atoms with Crippen LogP contribution in [0.2, 0.25) is 0 Å². The number of benzene rings is 2. The van der Waals surface area contributed by atoms with Crippen molar-refractivity contribution in [2.45, 2.75) is 25.5 Å². The van der Waals surface area contributed by atoms with Crippen LogP contribution in [0.4, 0.5) is 10.5 Å². The Morgan fingerprint density at radius 1 is 1.13 bits per heavy atom. The van der Waals surface area contributed by atoms with E-state index < -0.39 is 6.09 Å². The van der Waals surface area contributed by atoms with Gasteiger partial charge in [-0.05, 0) is 55.6 Å². The maximum Gasteiger partial charge on any atom is 0.411 e. The lowest BCUT2D eigenvalue weighted by Gasteiger charge is -2.44. The van der Waals surface area contributed by atoms with Crippen LogP contribution in [0.15, 0.2) is 48.5 Å². The summed E-state index contributed by atoms with van der Waals surface area (Å²) in [6, 6.07) is 14.9. The number of carbonyl (C=O) groups is 2. The molecule has 2 aromatic carbocycles. The molecule has 2 bridgehead atoms. The van der Waals surface area contributed by atoms with Crippen LogP contribution in [0.3, 0.4) is 0 Å². The third kappa shape index (κ3) is 4.25. The molecule has 8 nitrogen and oxygen atoms in total. The molecule has 3 aromatic rings. The summed E-state index contributed by atoms with van der Waals surface area (Å²) in [4.78, 5) is 27.5. The van der Waals surface area contributed by atoms with Gasteiger partial charge in [-0.15, -0.1) is 0 Å². The first kappa shape index (κ1) is 19.6. The van der Waals surface area contributed by atoms with Crippen molar-refractivity contribution in [2.75, 3.05) is 25.0 Å². The molecule has 3 aliphatic heterocycles. The van der Waals surface area contributed by atoms with Gasteiger partial charge in [-0.3, -0.25) is 15.2 Å². The van der Waals surface area contributed by atoms with Crippen LogP contribution in [-0.4, -0.2) is 52.8 Å². The zero-order chi connectivity index (χ0) is 21.2. The molecule has 0 unspecified atom stereocenters. The second kappa shape index (κ2) is 8.39. The first-order valence-electron chi connectivity index (χ1n) is 10.6. The first-order chi connectivity index (χ1) is 15.2. The van der Waals surface area contributed by atoms with Crippen molar-refractivity contribution in [1.29, 1.82) is 0 Å². The van der Waals surface area contributed by atoms with Crippen molar-refractivity contribution in [3.63, 3.8) is 0 Å². The number of aromatic amines is 1. The number of piperidine rings is 3. The molecule has 8 heteroatoms. The Labute approximate surface area is 180 Å². The number of hydrogen-bond donors (Lipinski definition) is 3. The van der Waals surface area contributed by atoms with Crippen molar-refractivity contribution >= 4 is 28.6 Å². The third-order valence-corrected chi connectivity index (χ3v) is 6.21. The molecule has 0 aliphatic carbocycles. The van der Waals surface area contributed by atoms with Gasteiger partial charge in [0.25, 0.3) is 5.91 Å². The van der Waals surface area contributed by atoms with Gasteiger partial charge in [-0.2, -0.15) is 5.10 Å². The fraction of sp³-hybridized carbons (Fsp3) is 0.348. The van der Waals surface area contributed by atoms with Crippen LogP contribution in [0, 0.1) is 5.92 Å². The maximum absolute atomic E-state index is 12.9. The molecule has 3 fully saturated rings. The Morgan fingerprint density at radius 3 is 2.68 bits per heavy atom. The van der Waals surface area contributed by atoms with E-state index in [-0.39, 0.29) is 18.6 Å². The van der Waals surface area contributed by atoms with Crippen LogP contribution >= 0.6 is 0 Å². The van der Waals surface area contributed by atoms with Crippen molar-refractivity contribution < 1.29 is 14.3 Å². The van der Waals surface area contributed by atoms with E-state index in [2.05, 4.69) is 25.7 Å². The van der Waals surface area contributed by atoms with E-state index in [4.69, 9.17) is 4.74 Å². The summed E-state index contributed by atoms with van der Waals surface area (Å²) in [5, 5.41) is 13.7. The highest BCUT2D eigenvalue weighted by atomic mass is 16.5. The Balaban J connectivity index is 1.25. The van der Waals surface area contributed by atoms with Gasteiger partial charge in [0, 0.05) is 23.7 Å². The Kier molecular flexibility index (Phi) is 5.30. The number of hydrogen-bond acceptors (Lipinski definition) is 5. The van der Waals surface area contributed by atoms with Gasteiger partial charge in [-0.1, -0.05) is 30.3 Å². The minimum Gasteiger partial charge on any atom is -0.444 e. The van der Waals surface area contributed by atoms with Crippen LogP contribution in [0.1, 0.15) is 28.9 Å². The molecule has 1 atom stereocenters. The van der Waals surface area contributed by atoms with E-state index in [1.807, 2.05) is 30.3 Å². The summed E-state index contributed by atoms with van der Waals surface area (Å²) in [5.41, 5.74) is 2.54. The number of nitrogens with zero attached hydrogens (tertiary/aromatic N) is 2. The smallest absolute Gasteiger partial charge is 0.411 e. The number of rotatable bonds is 5. The molecule has 3 N–H and O–H groups in total. The second-order valence-corrected chi connectivity index (χ2v) is 8.24. The fourth-order valence-corrected chi connectivity index (χ4v) is 4.51. The number of H-pyrrole nitrogens is 1. The van der Waals surface area contributed by atoms with Crippen LogP contribution < -0.4 is 10.6 Å². The molecular formula is C23H25N5O3. The Bertz CT molecular complexity index is 1090. The van der Waals surface area contributed by atoms with Crippen LogP contribution in [0.5, 0.6) is 0 Å². The summed E-state index contributed by atoms with van der Waals surface area (Å²) in [5.74, 6) is 0.351. The minimum atomic E-state index is -0.551. The predicted molar refractivity (Wildman–Crippen MR) is 117 cm³/mol. The summed E-state index contributed by atoms with van der Waals surface area (Å²) < 4.78 is 5.27. The zero-order valence-corrected chi connectivity index (χ0v) is 17.1. The molecule has 0 spiro atoms. The lowest BCUT2D eigenvalue weighted by atomic mass is 9.84. The molecule has 4 heterocycles. The van der Waals surface area contributed by atoms with Gasteiger partial charge in [0.05, 0.1) is 5.52 Å². The van der Waals surface area contributed by atoms with E-state index in [9.17, 15) is 9.59 Å². The molecule has 2 amide bonds. The third-order valence-electron chi connectivity index (χ3n) is 6.21. The predicted octanol–water partition coefficient (Wildman–Crippen LogP) is 3.14. The van der Waals surface area contributed by atoms with E-state index in [0.29, 0.717) is 22.7 Å². The van der Waals surface area contributed by atoms with Crippen molar-refractivity contribution in [2.24, 2.45) is 5.92 Å². The summed E-state index contributed by atoms with van der Waals surface area (Å²) in [6.45, 7) is 3.34. The van der Waals surface area contributed by atoms with Gasteiger partial charge >= 0.3 is 6.09 Å². The maximum atomic E-state index is 12.9.